The van der Waals surface area contributed by atoms with Gasteiger partial charge in [0.1, 0.15) is 5.75 Å². The summed E-state index contributed by atoms with van der Waals surface area (Å²) < 4.78 is 6.70. The fourth-order valence-corrected chi connectivity index (χ4v) is 2.03. The number of benzene rings is 2. The smallest absolute Gasteiger partial charge is 0.252 e. The van der Waals surface area contributed by atoms with Crippen LogP contribution in [0.15, 0.2) is 48.5 Å². The summed E-state index contributed by atoms with van der Waals surface area (Å²) >= 11 is 5.99. The van der Waals surface area contributed by atoms with Crippen LogP contribution in [0.2, 0.25) is 5.02 Å². The molecule has 0 unspecified atom stereocenters. The van der Waals surface area contributed by atoms with Crippen molar-refractivity contribution in [2.75, 3.05) is 12.4 Å². The van der Waals surface area contributed by atoms with E-state index in [9.17, 15) is 0 Å². The number of methoxy groups -OCH3 is 1. The zero-order valence-electron chi connectivity index (χ0n) is 11.2. The summed E-state index contributed by atoms with van der Waals surface area (Å²) in [5.41, 5.74) is 1.64. The van der Waals surface area contributed by atoms with Gasteiger partial charge in [-0.2, -0.15) is 4.68 Å². The van der Waals surface area contributed by atoms with Crippen molar-refractivity contribution in [1.82, 2.24) is 20.2 Å². The molecule has 0 spiro atoms. The molecule has 0 amide bonds. The van der Waals surface area contributed by atoms with Gasteiger partial charge in [-0.3, -0.25) is 0 Å². The molecule has 0 atom stereocenters. The van der Waals surface area contributed by atoms with Gasteiger partial charge in [0.05, 0.1) is 12.8 Å². The van der Waals surface area contributed by atoms with Crippen LogP contribution >= 0.6 is 11.6 Å². The van der Waals surface area contributed by atoms with E-state index in [0.717, 1.165) is 17.1 Å². The van der Waals surface area contributed by atoms with Crippen molar-refractivity contribution in [2.45, 2.75) is 0 Å². The molecule has 0 aliphatic carbocycles. The van der Waals surface area contributed by atoms with E-state index in [2.05, 4.69) is 20.8 Å². The summed E-state index contributed by atoms with van der Waals surface area (Å²) in [7, 11) is 1.63. The third kappa shape index (κ3) is 2.95. The first kappa shape index (κ1) is 13.4. The van der Waals surface area contributed by atoms with Crippen molar-refractivity contribution >= 4 is 23.2 Å². The van der Waals surface area contributed by atoms with Crippen LogP contribution in [-0.2, 0) is 0 Å². The highest BCUT2D eigenvalue weighted by molar-refractivity contribution is 6.30. The van der Waals surface area contributed by atoms with E-state index >= 15 is 0 Å². The Morgan fingerprint density at radius 1 is 1.14 bits per heavy atom. The summed E-state index contributed by atoms with van der Waals surface area (Å²) in [5, 5.41) is 15.4. The second-order valence-electron chi connectivity index (χ2n) is 4.25. The highest BCUT2D eigenvalue weighted by Gasteiger charge is 2.08. The number of aromatic nitrogens is 4. The monoisotopic (exact) mass is 301 g/mol. The SMILES string of the molecule is COc1ccc(Nc2nnnn2-c2cccc(Cl)c2)cc1. The highest BCUT2D eigenvalue weighted by Crippen LogP contribution is 2.21. The fourth-order valence-electron chi connectivity index (χ4n) is 1.85. The average molecular weight is 302 g/mol. The van der Waals surface area contributed by atoms with Crippen LogP contribution in [-0.4, -0.2) is 27.3 Å². The van der Waals surface area contributed by atoms with Gasteiger partial charge in [-0.05, 0) is 52.9 Å². The third-order valence-electron chi connectivity index (χ3n) is 2.87. The highest BCUT2D eigenvalue weighted by atomic mass is 35.5. The largest absolute Gasteiger partial charge is 0.497 e. The van der Waals surface area contributed by atoms with Crippen molar-refractivity contribution in [3.63, 3.8) is 0 Å². The maximum absolute atomic E-state index is 5.99. The minimum absolute atomic E-state index is 0.502. The molecule has 0 saturated heterocycles. The van der Waals surface area contributed by atoms with Crippen LogP contribution in [0.5, 0.6) is 5.75 Å². The molecule has 106 valence electrons. The van der Waals surface area contributed by atoms with Gasteiger partial charge >= 0.3 is 0 Å². The van der Waals surface area contributed by atoms with Crippen molar-refractivity contribution < 1.29 is 4.74 Å². The first-order valence-corrected chi connectivity index (χ1v) is 6.59. The number of halogens is 1. The second-order valence-corrected chi connectivity index (χ2v) is 4.68. The normalized spacial score (nSPS) is 10.4. The first-order valence-electron chi connectivity index (χ1n) is 6.21. The lowest BCUT2D eigenvalue weighted by atomic mass is 10.3. The third-order valence-corrected chi connectivity index (χ3v) is 3.10. The van der Waals surface area contributed by atoms with Crippen LogP contribution in [0.3, 0.4) is 0 Å². The van der Waals surface area contributed by atoms with Gasteiger partial charge in [-0.1, -0.05) is 22.8 Å². The summed E-state index contributed by atoms with van der Waals surface area (Å²) in [6.45, 7) is 0. The summed E-state index contributed by atoms with van der Waals surface area (Å²) in [5.74, 6) is 1.29. The van der Waals surface area contributed by atoms with Crippen molar-refractivity contribution in [2.24, 2.45) is 0 Å². The van der Waals surface area contributed by atoms with Gasteiger partial charge in [0.15, 0.2) is 0 Å². The van der Waals surface area contributed by atoms with E-state index in [0.29, 0.717) is 11.0 Å². The molecule has 0 bridgehead atoms. The number of nitrogens with one attached hydrogen (secondary N) is 1. The minimum Gasteiger partial charge on any atom is -0.497 e. The van der Waals surface area contributed by atoms with Crippen LogP contribution in [0.1, 0.15) is 0 Å². The molecule has 2 aromatic carbocycles. The van der Waals surface area contributed by atoms with E-state index in [-0.39, 0.29) is 0 Å². The van der Waals surface area contributed by atoms with Gasteiger partial charge in [-0.25, -0.2) is 0 Å². The molecule has 1 heterocycles. The predicted molar refractivity (Wildman–Crippen MR) is 80.4 cm³/mol. The quantitative estimate of drug-likeness (QED) is 0.802. The molecule has 0 aliphatic rings. The number of rotatable bonds is 4. The molecule has 0 radical (unpaired) electrons. The average Bonchev–Trinajstić information content (AvgIpc) is 2.96. The molecule has 0 fully saturated rings. The maximum atomic E-state index is 5.99. The number of anilines is 2. The molecule has 6 nitrogen and oxygen atoms in total. The summed E-state index contributed by atoms with van der Waals surface area (Å²) in [6, 6.07) is 14.8. The Morgan fingerprint density at radius 3 is 2.67 bits per heavy atom. The standard InChI is InChI=1S/C14H12ClN5O/c1-21-13-7-5-11(6-8-13)16-14-17-18-19-20(14)12-4-2-3-10(15)9-12/h2-9H,1H3,(H,16,17,19). The number of tetrazole rings is 1. The summed E-state index contributed by atoms with van der Waals surface area (Å²) in [4.78, 5) is 0. The Morgan fingerprint density at radius 2 is 1.95 bits per heavy atom. The number of hydrogen-bond acceptors (Lipinski definition) is 5. The van der Waals surface area contributed by atoms with Crippen molar-refractivity contribution in [3.05, 3.63) is 53.6 Å². The van der Waals surface area contributed by atoms with Crippen LogP contribution in [0, 0.1) is 0 Å². The zero-order valence-corrected chi connectivity index (χ0v) is 11.9. The number of ether oxygens (including phenoxy) is 1. The van der Waals surface area contributed by atoms with Gasteiger partial charge in [-0.15, -0.1) is 0 Å². The van der Waals surface area contributed by atoms with Gasteiger partial charge < -0.3 is 10.1 Å². The number of hydrogen-bond donors (Lipinski definition) is 1. The van der Waals surface area contributed by atoms with Crippen LogP contribution < -0.4 is 10.1 Å². The molecule has 0 aliphatic heterocycles. The number of nitrogens with zero attached hydrogens (tertiary/aromatic N) is 4. The van der Waals surface area contributed by atoms with E-state index in [1.807, 2.05) is 36.4 Å². The van der Waals surface area contributed by atoms with E-state index in [1.54, 1.807) is 23.9 Å². The Labute approximate surface area is 126 Å². The minimum atomic E-state index is 0.502. The van der Waals surface area contributed by atoms with Crippen LogP contribution in [0.25, 0.3) is 5.69 Å². The molecule has 1 N–H and O–H groups in total. The summed E-state index contributed by atoms with van der Waals surface area (Å²) in [6.07, 6.45) is 0. The molecule has 3 rings (SSSR count). The molecule has 21 heavy (non-hydrogen) atoms. The lowest BCUT2D eigenvalue weighted by molar-refractivity contribution is 0.415. The van der Waals surface area contributed by atoms with E-state index < -0.39 is 0 Å². The van der Waals surface area contributed by atoms with Crippen LogP contribution in [0.4, 0.5) is 11.6 Å². The second kappa shape index (κ2) is 5.80. The maximum Gasteiger partial charge on any atom is 0.252 e. The molecule has 1 aromatic heterocycles. The van der Waals surface area contributed by atoms with E-state index in [4.69, 9.17) is 16.3 Å². The topological polar surface area (TPSA) is 64.9 Å². The Bertz CT molecular complexity index is 741. The first-order chi connectivity index (χ1) is 10.3. The lowest BCUT2D eigenvalue weighted by Crippen LogP contribution is -2.03. The van der Waals surface area contributed by atoms with Gasteiger partial charge in [0, 0.05) is 10.7 Å². The molecule has 7 heteroatoms. The lowest BCUT2D eigenvalue weighted by Gasteiger charge is -2.08. The van der Waals surface area contributed by atoms with E-state index in [1.165, 1.54) is 0 Å². The zero-order chi connectivity index (χ0) is 14.7. The Balaban J connectivity index is 1.88. The molecule has 3 aromatic rings. The predicted octanol–water partition coefficient (Wildman–Crippen LogP) is 3.07. The molecular weight excluding hydrogens is 290 g/mol. The van der Waals surface area contributed by atoms with Crippen molar-refractivity contribution in [1.29, 1.82) is 0 Å². The fraction of sp³-hybridized carbons (Fsp3) is 0.0714. The molecular formula is C14H12ClN5O. The Hall–Kier alpha value is -2.60. The van der Waals surface area contributed by atoms with Crippen molar-refractivity contribution in [3.8, 4) is 11.4 Å². The Kier molecular flexibility index (Phi) is 3.70. The van der Waals surface area contributed by atoms with Gasteiger partial charge in [0.2, 0.25) is 0 Å². The molecule has 0 saturated carbocycles. The van der Waals surface area contributed by atoms with Gasteiger partial charge in [0.25, 0.3) is 5.95 Å².